The van der Waals surface area contributed by atoms with Gasteiger partial charge in [0.15, 0.2) is 18.2 Å². The lowest BCUT2D eigenvalue weighted by Gasteiger charge is -2.21. The molecule has 0 aromatic carbocycles. The number of carbonyl (C=O) groups is 1. The molecule has 1 aliphatic heterocycles. The number of carbonyl (C=O) groups excluding carboxylic acids is 1. The monoisotopic (exact) mass is 312 g/mol. The first-order valence-electron chi connectivity index (χ1n) is 6.66. The van der Waals surface area contributed by atoms with Crippen LogP contribution in [0.1, 0.15) is 22.4 Å². The highest BCUT2D eigenvalue weighted by Crippen LogP contribution is 2.50. The predicted molar refractivity (Wildman–Crippen MR) is 78.5 cm³/mol. The number of aromatic nitrogens is 2. The molecule has 1 aliphatic carbocycles. The second-order valence-electron chi connectivity index (χ2n) is 5.43. The Bertz CT molecular complexity index is 850. The van der Waals surface area contributed by atoms with Gasteiger partial charge in [0.1, 0.15) is 11.8 Å². The van der Waals surface area contributed by atoms with Crippen LogP contribution < -0.4 is 4.31 Å². The molecule has 7 heteroatoms. The molecule has 4 rings (SSSR count). The third-order valence-electron chi connectivity index (χ3n) is 4.34. The molecule has 3 heterocycles. The summed E-state index contributed by atoms with van der Waals surface area (Å²) in [4.78, 5) is 21.0. The Morgan fingerprint density at radius 1 is 1.36 bits per heavy atom. The smallest absolute Gasteiger partial charge is 0.251 e. The number of fused-ring (bicyclic) bond motifs is 3. The fourth-order valence-electron chi connectivity index (χ4n) is 3.37. The van der Waals surface area contributed by atoms with Crippen LogP contribution >= 0.6 is 12.3 Å². The standard InChI is InChI=1S/C15H9FN4OS/c16-22-20-13-12(2-1-3-18-13)15(14(20)21)5-9-4-11(7-17)19-8-10(9)6-15/h1-4,8H,5-6H2. The molecule has 2 aromatic rings. The Balaban J connectivity index is 1.87. The fourth-order valence-corrected chi connectivity index (χ4v) is 3.82. The van der Waals surface area contributed by atoms with E-state index in [0.717, 1.165) is 21.0 Å². The lowest BCUT2D eigenvalue weighted by molar-refractivity contribution is -0.121. The third kappa shape index (κ3) is 1.56. The summed E-state index contributed by atoms with van der Waals surface area (Å²) in [6.07, 6.45) is 4.08. The van der Waals surface area contributed by atoms with Crippen LogP contribution in [-0.2, 0) is 23.1 Å². The zero-order chi connectivity index (χ0) is 15.3. The largest absolute Gasteiger partial charge is 0.272 e. The minimum Gasteiger partial charge on any atom is -0.272 e. The number of amides is 1. The molecule has 0 bridgehead atoms. The number of nitrogens with zero attached hydrogens (tertiary/aromatic N) is 4. The van der Waals surface area contributed by atoms with Crippen molar-refractivity contribution in [3.63, 3.8) is 0 Å². The van der Waals surface area contributed by atoms with Gasteiger partial charge < -0.3 is 0 Å². The Morgan fingerprint density at radius 2 is 2.18 bits per heavy atom. The van der Waals surface area contributed by atoms with E-state index in [-0.39, 0.29) is 18.2 Å². The van der Waals surface area contributed by atoms with Crippen molar-refractivity contribution < 1.29 is 8.68 Å². The van der Waals surface area contributed by atoms with E-state index in [1.165, 1.54) is 0 Å². The van der Waals surface area contributed by atoms with Crippen molar-refractivity contribution in [2.75, 3.05) is 4.31 Å². The van der Waals surface area contributed by atoms with Crippen LogP contribution in [0, 0.1) is 11.3 Å². The van der Waals surface area contributed by atoms with Crippen LogP contribution in [0.4, 0.5) is 9.70 Å². The Morgan fingerprint density at radius 3 is 2.95 bits per heavy atom. The maximum atomic E-state index is 13.2. The molecule has 108 valence electrons. The molecule has 1 atom stereocenters. The Hall–Kier alpha value is -2.46. The van der Waals surface area contributed by atoms with Gasteiger partial charge in [-0.25, -0.2) is 14.3 Å². The summed E-state index contributed by atoms with van der Waals surface area (Å²) in [6, 6.07) is 7.28. The lowest BCUT2D eigenvalue weighted by Crippen LogP contribution is -2.38. The van der Waals surface area contributed by atoms with Crippen LogP contribution in [0.5, 0.6) is 0 Å². The normalized spacial score (nSPS) is 21.8. The van der Waals surface area contributed by atoms with Crippen molar-refractivity contribution in [2.45, 2.75) is 18.3 Å². The van der Waals surface area contributed by atoms with E-state index in [0.29, 0.717) is 24.4 Å². The van der Waals surface area contributed by atoms with Crippen LogP contribution in [0.3, 0.4) is 0 Å². The van der Waals surface area contributed by atoms with Gasteiger partial charge in [-0.05, 0) is 36.1 Å². The quantitative estimate of drug-likeness (QED) is 0.755. The van der Waals surface area contributed by atoms with E-state index in [1.54, 1.807) is 24.5 Å². The van der Waals surface area contributed by atoms with Gasteiger partial charge in [0.25, 0.3) is 5.91 Å². The molecular weight excluding hydrogens is 303 g/mol. The number of hydrogen-bond donors (Lipinski definition) is 0. The SMILES string of the molecule is N#Cc1cc2c(cn1)CC1(C2)C(=O)N(SF)c2ncccc21. The second kappa shape index (κ2) is 4.52. The zero-order valence-corrected chi connectivity index (χ0v) is 12.1. The maximum Gasteiger partial charge on any atom is 0.251 e. The molecule has 0 N–H and O–H groups in total. The van der Waals surface area contributed by atoms with Gasteiger partial charge in [0.05, 0.1) is 5.41 Å². The van der Waals surface area contributed by atoms with Crippen molar-refractivity contribution in [3.8, 4) is 6.07 Å². The summed E-state index contributed by atoms with van der Waals surface area (Å²) in [5.74, 6) is 0.0599. The summed E-state index contributed by atoms with van der Waals surface area (Å²) in [5, 5.41) is 8.96. The van der Waals surface area contributed by atoms with Gasteiger partial charge in [-0.2, -0.15) is 5.26 Å². The topological polar surface area (TPSA) is 69.9 Å². The highest BCUT2D eigenvalue weighted by Gasteiger charge is 2.55. The summed E-state index contributed by atoms with van der Waals surface area (Å²) < 4.78 is 14.3. The van der Waals surface area contributed by atoms with E-state index in [9.17, 15) is 8.68 Å². The molecule has 22 heavy (non-hydrogen) atoms. The number of nitriles is 1. The van der Waals surface area contributed by atoms with Crippen molar-refractivity contribution in [1.29, 1.82) is 5.26 Å². The van der Waals surface area contributed by atoms with Crippen molar-refractivity contribution in [1.82, 2.24) is 9.97 Å². The van der Waals surface area contributed by atoms with Gasteiger partial charge in [-0.1, -0.05) is 6.07 Å². The number of halogens is 1. The summed E-state index contributed by atoms with van der Waals surface area (Å²) >= 11 is -0.116. The van der Waals surface area contributed by atoms with Crippen LogP contribution in [0.2, 0.25) is 0 Å². The average Bonchev–Trinajstić information content (AvgIpc) is 3.04. The molecule has 0 saturated heterocycles. The average molecular weight is 312 g/mol. The third-order valence-corrected chi connectivity index (χ3v) is 4.82. The minimum absolute atomic E-state index is 0.116. The highest BCUT2D eigenvalue weighted by molar-refractivity contribution is 7.96. The predicted octanol–water partition coefficient (Wildman–Crippen LogP) is 2.26. The fraction of sp³-hybridized carbons (Fsp3) is 0.200. The number of hydrogen-bond acceptors (Lipinski definition) is 5. The molecule has 1 unspecified atom stereocenters. The van der Waals surface area contributed by atoms with E-state index in [1.807, 2.05) is 12.1 Å². The summed E-state index contributed by atoms with van der Waals surface area (Å²) in [5.41, 5.74) is 2.07. The van der Waals surface area contributed by atoms with E-state index >= 15 is 0 Å². The van der Waals surface area contributed by atoms with Gasteiger partial charge in [0.2, 0.25) is 0 Å². The first-order chi connectivity index (χ1) is 10.7. The molecule has 2 aliphatic rings. The Labute approximate surface area is 130 Å². The lowest BCUT2D eigenvalue weighted by atomic mass is 9.79. The minimum atomic E-state index is -0.833. The van der Waals surface area contributed by atoms with Gasteiger partial charge in [0, 0.05) is 18.0 Å². The summed E-state index contributed by atoms with van der Waals surface area (Å²) in [7, 11) is 0. The molecule has 0 radical (unpaired) electrons. The van der Waals surface area contributed by atoms with Crippen LogP contribution in [-0.4, -0.2) is 15.9 Å². The highest BCUT2D eigenvalue weighted by atomic mass is 32.2. The number of rotatable bonds is 1. The van der Waals surface area contributed by atoms with Crippen molar-refractivity contribution in [3.05, 3.63) is 53.0 Å². The van der Waals surface area contributed by atoms with E-state index < -0.39 is 5.41 Å². The molecule has 1 amide bonds. The van der Waals surface area contributed by atoms with Gasteiger partial charge in [-0.3, -0.25) is 4.79 Å². The Kier molecular flexibility index (Phi) is 2.71. The van der Waals surface area contributed by atoms with E-state index in [2.05, 4.69) is 9.97 Å². The molecule has 2 aromatic heterocycles. The van der Waals surface area contributed by atoms with Crippen molar-refractivity contribution in [2.24, 2.45) is 0 Å². The molecule has 0 saturated carbocycles. The molecule has 5 nitrogen and oxygen atoms in total. The molecule has 0 fully saturated rings. The summed E-state index contributed by atoms with van der Waals surface area (Å²) in [6.45, 7) is 0. The zero-order valence-electron chi connectivity index (χ0n) is 11.3. The first-order valence-corrected chi connectivity index (χ1v) is 7.33. The van der Waals surface area contributed by atoms with Crippen molar-refractivity contribution >= 4 is 24.1 Å². The van der Waals surface area contributed by atoms with Crippen LogP contribution in [0.15, 0.2) is 30.6 Å². The maximum absolute atomic E-state index is 13.2. The number of pyridine rings is 2. The van der Waals surface area contributed by atoms with Crippen LogP contribution in [0.25, 0.3) is 0 Å². The van der Waals surface area contributed by atoms with E-state index in [4.69, 9.17) is 5.26 Å². The second-order valence-corrected chi connectivity index (χ2v) is 5.93. The molecule has 1 spiro atoms. The first kappa shape index (κ1) is 13.2. The molecular formula is C15H9FN4OS. The van der Waals surface area contributed by atoms with Gasteiger partial charge in [-0.15, -0.1) is 3.89 Å². The van der Waals surface area contributed by atoms with Gasteiger partial charge >= 0.3 is 0 Å². The number of anilines is 1.